The summed E-state index contributed by atoms with van der Waals surface area (Å²) in [6, 6.07) is 48.0. The third-order valence-electron chi connectivity index (χ3n) is 6.80. The van der Waals surface area contributed by atoms with Gasteiger partial charge in [-0.2, -0.15) is 0 Å². The van der Waals surface area contributed by atoms with E-state index in [4.69, 9.17) is 0 Å². The Balaban J connectivity index is 0.000000182. The van der Waals surface area contributed by atoms with Crippen molar-refractivity contribution < 1.29 is 20.1 Å². The van der Waals surface area contributed by atoms with Gasteiger partial charge in [0.1, 0.15) is 0 Å². The van der Waals surface area contributed by atoms with Crippen LogP contribution in [-0.2, 0) is 20.1 Å². The van der Waals surface area contributed by atoms with Crippen LogP contribution in [0.5, 0.6) is 0 Å². The smallest absolute Gasteiger partial charge is 0.0417 e. The van der Waals surface area contributed by atoms with Crippen molar-refractivity contribution in [2.24, 2.45) is 0 Å². The van der Waals surface area contributed by atoms with Crippen LogP contribution in [0.15, 0.2) is 128 Å². The zero-order valence-electron chi connectivity index (χ0n) is 22.8. The monoisotopic (exact) mass is 725 g/mol. The Hall–Kier alpha value is -3.95. The number of hydrogen-bond donors (Lipinski definition) is 0. The summed E-state index contributed by atoms with van der Waals surface area (Å²) in [7, 11) is 0. The molecule has 0 N–H and O–H groups in total. The standard InChI is InChI=1S/C23H14NS.C14H14N.Ir/c1-2-13-22-19(9-1)20-11-6-10-18(23(20)25-22)16-7-5-8-17(15-16)21-12-3-4-14-24-21;1-11(2)13-9-6-10-14(15-13)12-7-4-3-5-8-12;/h1-7,9-15H;3-7,9-11H,1-2H3;/q2*-1;. The minimum Gasteiger partial charge on any atom is -0.305 e. The molecule has 0 aliphatic carbocycles. The Morgan fingerprint density at radius 3 is 2.22 bits per heavy atom. The van der Waals surface area contributed by atoms with E-state index in [-0.39, 0.29) is 20.1 Å². The molecule has 41 heavy (non-hydrogen) atoms. The molecule has 0 spiro atoms. The fourth-order valence-electron chi connectivity index (χ4n) is 4.75. The summed E-state index contributed by atoms with van der Waals surface area (Å²) < 4.78 is 2.67. The van der Waals surface area contributed by atoms with Gasteiger partial charge in [-0.05, 0) is 41.1 Å². The molecule has 0 fully saturated rings. The summed E-state index contributed by atoms with van der Waals surface area (Å²) in [5, 5.41) is 2.65. The summed E-state index contributed by atoms with van der Waals surface area (Å²) in [5.41, 5.74) is 7.64. The van der Waals surface area contributed by atoms with Gasteiger partial charge in [0.2, 0.25) is 0 Å². The van der Waals surface area contributed by atoms with Crippen LogP contribution in [0.2, 0.25) is 0 Å². The van der Waals surface area contributed by atoms with E-state index >= 15 is 0 Å². The van der Waals surface area contributed by atoms with Gasteiger partial charge in [0.25, 0.3) is 0 Å². The molecular weight excluding hydrogens is 697 g/mol. The van der Waals surface area contributed by atoms with Gasteiger partial charge in [-0.25, -0.2) is 0 Å². The van der Waals surface area contributed by atoms with Crippen molar-refractivity contribution in [3.8, 4) is 33.6 Å². The molecule has 0 unspecified atom stereocenters. The zero-order valence-corrected chi connectivity index (χ0v) is 26.0. The van der Waals surface area contributed by atoms with Crippen molar-refractivity contribution in [3.63, 3.8) is 0 Å². The van der Waals surface area contributed by atoms with Gasteiger partial charge in [0.15, 0.2) is 0 Å². The second kappa shape index (κ2) is 13.1. The SMILES string of the molecule is CC(C)c1cccc(-c2[c-]cccc2)n1.[Ir].[c-]1ccc(-c2cccc3c2sc2ccccc23)cc1-c1ccccn1. The van der Waals surface area contributed by atoms with Gasteiger partial charge in [-0.1, -0.05) is 80.1 Å². The third kappa shape index (κ3) is 6.36. The van der Waals surface area contributed by atoms with Gasteiger partial charge in [0, 0.05) is 52.2 Å². The van der Waals surface area contributed by atoms with Crippen LogP contribution in [-0.4, -0.2) is 9.97 Å². The summed E-state index contributed by atoms with van der Waals surface area (Å²) in [5.74, 6) is 0.466. The van der Waals surface area contributed by atoms with Gasteiger partial charge >= 0.3 is 0 Å². The van der Waals surface area contributed by atoms with E-state index < -0.39 is 0 Å². The normalized spacial score (nSPS) is 10.7. The predicted octanol–water partition coefficient (Wildman–Crippen LogP) is 10.3. The first-order valence-corrected chi connectivity index (χ1v) is 14.3. The molecule has 0 saturated carbocycles. The van der Waals surface area contributed by atoms with Crippen molar-refractivity contribution in [2.45, 2.75) is 19.8 Å². The molecule has 1 radical (unpaired) electrons. The second-order valence-corrected chi connectivity index (χ2v) is 10.9. The maximum atomic E-state index is 4.61. The number of thiophene rings is 1. The molecule has 3 aromatic heterocycles. The number of nitrogens with zero attached hydrogens (tertiary/aromatic N) is 2. The molecule has 7 rings (SSSR count). The minimum absolute atomic E-state index is 0. The van der Waals surface area contributed by atoms with Crippen LogP contribution in [0.4, 0.5) is 0 Å². The van der Waals surface area contributed by atoms with E-state index in [9.17, 15) is 0 Å². The van der Waals surface area contributed by atoms with Crippen LogP contribution < -0.4 is 0 Å². The predicted molar refractivity (Wildman–Crippen MR) is 169 cm³/mol. The number of fused-ring (bicyclic) bond motifs is 3. The van der Waals surface area contributed by atoms with Gasteiger partial charge < -0.3 is 9.97 Å². The molecule has 0 aliphatic rings. The second-order valence-electron chi connectivity index (χ2n) is 9.87. The molecule has 0 saturated heterocycles. The molecule has 7 aromatic rings. The maximum Gasteiger partial charge on any atom is 0.0417 e. The summed E-state index contributed by atoms with van der Waals surface area (Å²) in [4.78, 5) is 9.06. The van der Waals surface area contributed by atoms with E-state index in [0.29, 0.717) is 5.92 Å². The quantitative estimate of drug-likeness (QED) is 0.169. The van der Waals surface area contributed by atoms with Crippen molar-refractivity contribution >= 4 is 31.5 Å². The van der Waals surface area contributed by atoms with E-state index in [0.717, 1.165) is 28.2 Å². The largest absolute Gasteiger partial charge is 0.305 e. The Kier molecular flexibility index (Phi) is 9.16. The molecule has 2 nitrogen and oxygen atoms in total. The fraction of sp³-hybridized carbons (Fsp3) is 0.0811. The van der Waals surface area contributed by atoms with Gasteiger partial charge in [-0.15, -0.1) is 77.1 Å². The Bertz CT molecular complexity index is 1880. The number of benzene rings is 4. The number of rotatable bonds is 4. The zero-order chi connectivity index (χ0) is 27.3. The summed E-state index contributed by atoms with van der Waals surface area (Å²) in [6.45, 7) is 4.31. The minimum atomic E-state index is 0. The van der Waals surface area contributed by atoms with Crippen molar-refractivity contribution in [1.82, 2.24) is 9.97 Å². The van der Waals surface area contributed by atoms with Crippen LogP contribution >= 0.6 is 11.3 Å². The molecule has 0 bridgehead atoms. The fourth-order valence-corrected chi connectivity index (χ4v) is 5.99. The molecule has 0 atom stereocenters. The van der Waals surface area contributed by atoms with Crippen LogP contribution in [0, 0.1) is 12.1 Å². The number of aromatic nitrogens is 2. The summed E-state index contributed by atoms with van der Waals surface area (Å²) >= 11 is 1.86. The molecule has 0 amide bonds. The number of pyridine rings is 2. The Labute approximate surface area is 259 Å². The molecule has 0 aliphatic heterocycles. The number of hydrogen-bond acceptors (Lipinski definition) is 3. The molecule has 203 valence electrons. The van der Waals surface area contributed by atoms with Gasteiger partial charge in [-0.3, -0.25) is 0 Å². The first-order chi connectivity index (χ1) is 19.7. The maximum absolute atomic E-state index is 4.61. The first-order valence-electron chi connectivity index (χ1n) is 13.5. The average molecular weight is 725 g/mol. The molecular formula is C37H28IrN2S-2. The van der Waals surface area contributed by atoms with E-state index in [1.54, 1.807) is 0 Å². The first kappa shape index (κ1) is 28.6. The van der Waals surface area contributed by atoms with Gasteiger partial charge in [0.05, 0.1) is 0 Å². The summed E-state index contributed by atoms with van der Waals surface area (Å²) in [6.07, 6.45) is 1.82. The van der Waals surface area contributed by atoms with Crippen molar-refractivity contribution in [3.05, 3.63) is 145 Å². The van der Waals surface area contributed by atoms with Crippen LogP contribution in [0.25, 0.3) is 53.8 Å². The van der Waals surface area contributed by atoms with E-state index in [1.165, 1.54) is 31.3 Å². The van der Waals surface area contributed by atoms with Crippen molar-refractivity contribution in [1.29, 1.82) is 0 Å². The van der Waals surface area contributed by atoms with Crippen LogP contribution in [0.3, 0.4) is 0 Å². The Morgan fingerprint density at radius 1 is 0.659 bits per heavy atom. The van der Waals surface area contributed by atoms with Crippen molar-refractivity contribution in [2.75, 3.05) is 0 Å². The molecule has 4 heteroatoms. The topological polar surface area (TPSA) is 25.8 Å². The average Bonchev–Trinajstić information content (AvgIpc) is 3.41. The molecule has 4 aromatic carbocycles. The van der Waals surface area contributed by atoms with E-state index in [1.807, 2.05) is 72.1 Å². The van der Waals surface area contributed by atoms with Crippen LogP contribution in [0.1, 0.15) is 25.5 Å². The Morgan fingerprint density at radius 2 is 1.41 bits per heavy atom. The van der Waals surface area contributed by atoms with E-state index in [2.05, 4.69) is 103 Å². The third-order valence-corrected chi connectivity index (χ3v) is 8.02. The molecule has 3 heterocycles.